The van der Waals surface area contributed by atoms with Gasteiger partial charge in [-0.1, -0.05) is 23.7 Å². The molecule has 2 aromatic carbocycles. The van der Waals surface area contributed by atoms with Gasteiger partial charge in [0.25, 0.3) is 0 Å². The van der Waals surface area contributed by atoms with Gasteiger partial charge in [-0.25, -0.2) is 0 Å². The van der Waals surface area contributed by atoms with Crippen LogP contribution in [0, 0.1) is 0 Å². The van der Waals surface area contributed by atoms with Crippen LogP contribution in [0.5, 0.6) is 5.75 Å². The number of amides is 2. The molecule has 0 bridgehead atoms. The largest absolute Gasteiger partial charge is 0.490 e. The van der Waals surface area contributed by atoms with Crippen molar-refractivity contribution in [2.24, 2.45) is 0 Å². The van der Waals surface area contributed by atoms with Crippen molar-refractivity contribution in [3.8, 4) is 5.75 Å². The van der Waals surface area contributed by atoms with Gasteiger partial charge in [0, 0.05) is 25.4 Å². The van der Waals surface area contributed by atoms with Gasteiger partial charge >= 0.3 is 0 Å². The SMILES string of the molecule is COCCOc1ccc(NC(=O)Cc2ccc(NC(C)=O)cc2)cc1Cl. The molecule has 6 nitrogen and oxygen atoms in total. The fourth-order valence-electron chi connectivity index (χ4n) is 2.23. The lowest BCUT2D eigenvalue weighted by Gasteiger charge is -2.10. The molecular weight excluding hydrogens is 356 g/mol. The Morgan fingerprint density at radius 2 is 1.69 bits per heavy atom. The Balaban J connectivity index is 1.90. The first-order valence-corrected chi connectivity index (χ1v) is 8.43. The number of nitrogens with one attached hydrogen (secondary N) is 2. The summed E-state index contributed by atoms with van der Waals surface area (Å²) in [5, 5.41) is 5.90. The van der Waals surface area contributed by atoms with Gasteiger partial charge in [0.1, 0.15) is 12.4 Å². The van der Waals surface area contributed by atoms with E-state index < -0.39 is 0 Å². The zero-order chi connectivity index (χ0) is 18.9. The molecule has 2 N–H and O–H groups in total. The van der Waals surface area contributed by atoms with Crippen LogP contribution in [0.2, 0.25) is 5.02 Å². The number of halogens is 1. The molecular formula is C19H21ClN2O4. The van der Waals surface area contributed by atoms with E-state index in [0.29, 0.717) is 35.4 Å². The van der Waals surface area contributed by atoms with E-state index in [4.69, 9.17) is 21.1 Å². The number of benzene rings is 2. The lowest BCUT2D eigenvalue weighted by atomic mass is 10.1. The first kappa shape index (κ1) is 19.8. The fraction of sp³-hybridized carbons (Fsp3) is 0.263. The van der Waals surface area contributed by atoms with Crippen LogP contribution in [-0.4, -0.2) is 32.1 Å². The molecule has 0 heterocycles. The van der Waals surface area contributed by atoms with Crippen molar-refractivity contribution in [2.75, 3.05) is 31.0 Å². The first-order chi connectivity index (χ1) is 12.5. The second kappa shape index (κ2) is 9.79. The number of rotatable bonds is 8. The molecule has 2 rings (SSSR count). The zero-order valence-corrected chi connectivity index (χ0v) is 15.4. The maximum absolute atomic E-state index is 12.2. The number of carbonyl (C=O) groups excluding carboxylic acids is 2. The number of ether oxygens (including phenoxy) is 2. The molecule has 0 aromatic heterocycles. The van der Waals surface area contributed by atoms with Crippen LogP contribution in [-0.2, 0) is 20.7 Å². The first-order valence-electron chi connectivity index (χ1n) is 8.05. The van der Waals surface area contributed by atoms with E-state index in [1.54, 1.807) is 49.6 Å². The molecule has 0 atom stereocenters. The molecule has 0 spiro atoms. The molecule has 0 saturated carbocycles. The third-order valence-corrected chi connectivity index (χ3v) is 3.70. The number of carbonyl (C=O) groups is 2. The van der Waals surface area contributed by atoms with Crippen LogP contribution in [0.25, 0.3) is 0 Å². The predicted molar refractivity (Wildman–Crippen MR) is 102 cm³/mol. The topological polar surface area (TPSA) is 76.7 Å². The van der Waals surface area contributed by atoms with Crippen LogP contribution in [0.3, 0.4) is 0 Å². The molecule has 0 unspecified atom stereocenters. The number of anilines is 2. The van der Waals surface area contributed by atoms with Crippen molar-refractivity contribution in [1.82, 2.24) is 0 Å². The molecule has 0 saturated heterocycles. The Kier molecular flexibility index (Phi) is 7.44. The molecule has 2 amide bonds. The van der Waals surface area contributed by atoms with E-state index in [0.717, 1.165) is 5.56 Å². The monoisotopic (exact) mass is 376 g/mol. The summed E-state index contributed by atoms with van der Waals surface area (Å²) >= 11 is 6.16. The number of methoxy groups -OCH3 is 1. The Bertz CT molecular complexity index is 763. The zero-order valence-electron chi connectivity index (χ0n) is 14.7. The maximum Gasteiger partial charge on any atom is 0.228 e. The van der Waals surface area contributed by atoms with Crippen molar-refractivity contribution in [3.63, 3.8) is 0 Å². The lowest BCUT2D eigenvalue weighted by Crippen LogP contribution is -2.14. The lowest BCUT2D eigenvalue weighted by molar-refractivity contribution is -0.116. The van der Waals surface area contributed by atoms with Crippen LogP contribution < -0.4 is 15.4 Å². The van der Waals surface area contributed by atoms with Gasteiger partial charge < -0.3 is 20.1 Å². The highest BCUT2D eigenvalue weighted by atomic mass is 35.5. The summed E-state index contributed by atoms with van der Waals surface area (Å²) in [6.07, 6.45) is 0.212. The smallest absolute Gasteiger partial charge is 0.228 e. The predicted octanol–water partition coefficient (Wildman–Crippen LogP) is 3.50. The van der Waals surface area contributed by atoms with E-state index in [-0.39, 0.29) is 18.2 Å². The van der Waals surface area contributed by atoms with Crippen LogP contribution in [0.15, 0.2) is 42.5 Å². The molecule has 7 heteroatoms. The molecule has 0 aliphatic heterocycles. The summed E-state index contributed by atoms with van der Waals surface area (Å²) in [5.41, 5.74) is 2.12. The third-order valence-electron chi connectivity index (χ3n) is 3.40. The van der Waals surface area contributed by atoms with E-state index >= 15 is 0 Å². The molecule has 0 radical (unpaired) electrons. The molecule has 0 aliphatic rings. The van der Waals surface area contributed by atoms with Gasteiger partial charge in [0.15, 0.2) is 0 Å². The Morgan fingerprint density at radius 3 is 2.31 bits per heavy atom. The highest BCUT2D eigenvalue weighted by Crippen LogP contribution is 2.27. The highest BCUT2D eigenvalue weighted by molar-refractivity contribution is 6.32. The summed E-state index contributed by atoms with van der Waals surface area (Å²) in [6, 6.07) is 12.2. The standard InChI is InChI=1S/C19H21ClN2O4/c1-13(23)21-15-5-3-14(4-6-15)11-19(24)22-16-7-8-18(17(20)12-16)26-10-9-25-2/h3-8,12H,9-11H2,1-2H3,(H,21,23)(H,22,24). The van der Waals surface area contributed by atoms with Gasteiger partial charge in [0.05, 0.1) is 18.1 Å². The average Bonchev–Trinajstić information content (AvgIpc) is 2.58. The number of hydrogen-bond donors (Lipinski definition) is 2. The highest BCUT2D eigenvalue weighted by Gasteiger charge is 2.08. The van der Waals surface area contributed by atoms with E-state index in [2.05, 4.69) is 10.6 Å². The summed E-state index contributed by atoms with van der Waals surface area (Å²) < 4.78 is 10.4. The van der Waals surface area contributed by atoms with Crippen LogP contribution >= 0.6 is 11.6 Å². The number of hydrogen-bond acceptors (Lipinski definition) is 4. The second-order valence-electron chi connectivity index (χ2n) is 5.59. The van der Waals surface area contributed by atoms with Gasteiger partial charge in [-0.2, -0.15) is 0 Å². The average molecular weight is 377 g/mol. The summed E-state index contributed by atoms with van der Waals surface area (Å²) in [6.45, 7) is 2.31. The van der Waals surface area contributed by atoms with Gasteiger partial charge in [-0.15, -0.1) is 0 Å². The van der Waals surface area contributed by atoms with Gasteiger partial charge in [0.2, 0.25) is 11.8 Å². The van der Waals surface area contributed by atoms with E-state index in [1.807, 2.05) is 0 Å². The van der Waals surface area contributed by atoms with Crippen molar-refractivity contribution in [2.45, 2.75) is 13.3 Å². The second-order valence-corrected chi connectivity index (χ2v) is 6.00. The van der Waals surface area contributed by atoms with Gasteiger partial charge in [-0.05, 0) is 35.9 Å². The molecule has 2 aromatic rings. The normalized spacial score (nSPS) is 10.3. The van der Waals surface area contributed by atoms with Gasteiger partial charge in [-0.3, -0.25) is 9.59 Å². The molecule has 138 valence electrons. The third kappa shape index (κ3) is 6.38. The van der Waals surface area contributed by atoms with E-state index in [1.165, 1.54) is 6.92 Å². The Morgan fingerprint density at radius 1 is 1.00 bits per heavy atom. The van der Waals surface area contributed by atoms with E-state index in [9.17, 15) is 9.59 Å². The van der Waals surface area contributed by atoms with Crippen molar-refractivity contribution < 1.29 is 19.1 Å². The fourth-order valence-corrected chi connectivity index (χ4v) is 2.47. The van der Waals surface area contributed by atoms with Crippen molar-refractivity contribution in [1.29, 1.82) is 0 Å². The minimum atomic E-state index is -0.165. The Hall–Kier alpha value is -2.57. The van der Waals surface area contributed by atoms with Crippen molar-refractivity contribution in [3.05, 3.63) is 53.1 Å². The Labute approximate surface area is 157 Å². The minimum absolute atomic E-state index is 0.137. The van der Waals surface area contributed by atoms with Crippen LogP contribution in [0.1, 0.15) is 12.5 Å². The maximum atomic E-state index is 12.2. The summed E-state index contributed by atoms with van der Waals surface area (Å²) in [5.74, 6) is 0.235. The molecule has 0 aliphatic carbocycles. The molecule has 26 heavy (non-hydrogen) atoms. The minimum Gasteiger partial charge on any atom is -0.490 e. The quantitative estimate of drug-likeness (QED) is 0.691. The van der Waals surface area contributed by atoms with Crippen LogP contribution in [0.4, 0.5) is 11.4 Å². The summed E-state index contributed by atoms with van der Waals surface area (Å²) in [4.78, 5) is 23.2. The molecule has 0 fully saturated rings. The van der Waals surface area contributed by atoms with Crippen molar-refractivity contribution >= 4 is 34.8 Å². The summed E-state index contributed by atoms with van der Waals surface area (Å²) in [7, 11) is 1.59.